The lowest BCUT2D eigenvalue weighted by Gasteiger charge is -2.31. The molecule has 10 nitrogen and oxygen atoms in total. The molecule has 2 aromatic heterocycles. The Hall–Kier alpha value is -4.79. The molecule has 1 fully saturated rings. The second-order valence-electron chi connectivity index (χ2n) is 10.1. The summed E-state index contributed by atoms with van der Waals surface area (Å²) in [6.07, 6.45) is -1.96. The normalized spacial score (nSPS) is 14.7. The summed E-state index contributed by atoms with van der Waals surface area (Å²) in [6.45, 7) is -0.238. The van der Waals surface area contributed by atoms with E-state index in [4.69, 9.17) is 15.2 Å². The predicted octanol–water partition coefficient (Wildman–Crippen LogP) is 4.40. The summed E-state index contributed by atoms with van der Waals surface area (Å²) in [7, 11) is 1.35. The van der Waals surface area contributed by atoms with Gasteiger partial charge >= 0.3 is 6.18 Å². The van der Waals surface area contributed by atoms with Gasteiger partial charge in [-0.15, -0.1) is 0 Å². The van der Waals surface area contributed by atoms with Crippen LogP contribution in [0.2, 0.25) is 0 Å². The van der Waals surface area contributed by atoms with E-state index in [0.29, 0.717) is 17.0 Å². The molecule has 15 heteroatoms. The maximum Gasteiger partial charge on any atom is 0.424 e. The second kappa shape index (κ2) is 11.4. The Morgan fingerprint density at radius 2 is 1.84 bits per heavy atom. The van der Waals surface area contributed by atoms with Gasteiger partial charge in [-0.2, -0.15) is 18.3 Å². The van der Waals surface area contributed by atoms with Gasteiger partial charge in [0.25, 0.3) is 11.8 Å². The minimum Gasteiger partial charge on any atom is -0.494 e. The number of nitrogens with two attached hydrogens (primary N) is 1. The molecule has 2 heterocycles. The van der Waals surface area contributed by atoms with Gasteiger partial charge in [-0.25, -0.2) is 13.8 Å². The van der Waals surface area contributed by atoms with Crippen molar-refractivity contribution in [2.24, 2.45) is 5.73 Å². The van der Waals surface area contributed by atoms with Gasteiger partial charge in [0.05, 0.1) is 43.1 Å². The third-order valence-corrected chi connectivity index (χ3v) is 7.12. The topological polar surface area (TPSA) is 142 Å². The van der Waals surface area contributed by atoms with Gasteiger partial charge in [-0.3, -0.25) is 14.3 Å². The first-order valence-corrected chi connectivity index (χ1v) is 13.4. The minimum atomic E-state index is -5.52. The van der Waals surface area contributed by atoms with Crippen LogP contribution in [0.5, 0.6) is 11.5 Å². The Morgan fingerprint density at radius 1 is 1.16 bits per heavy atom. The number of aromatic nitrogens is 3. The second-order valence-corrected chi connectivity index (χ2v) is 10.1. The molecule has 0 radical (unpaired) electrons. The smallest absolute Gasteiger partial charge is 0.424 e. The van der Waals surface area contributed by atoms with Gasteiger partial charge in [0.1, 0.15) is 28.6 Å². The number of nitrogens with zero attached hydrogens (tertiary/aromatic N) is 3. The van der Waals surface area contributed by atoms with E-state index in [2.05, 4.69) is 10.1 Å². The number of alkyl halides is 3. The Kier molecular flexibility index (Phi) is 7.92. The molecule has 4 N–H and O–H groups in total. The Morgan fingerprint density at radius 3 is 2.41 bits per heavy atom. The molecule has 1 saturated carbocycles. The van der Waals surface area contributed by atoms with E-state index in [1.165, 1.54) is 26.2 Å². The van der Waals surface area contributed by atoms with Gasteiger partial charge in [0.2, 0.25) is 5.60 Å². The molecule has 5 rings (SSSR count). The number of amides is 2. The van der Waals surface area contributed by atoms with E-state index < -0.39 is 70.0 Å². The maximum atomic E-state index is 14.8. The van der Waals surface area contributed by atoms with E-state index in [1.54, 1.807) is 10.9 Å². The van der Waals surface area contributed by atoms with Crippen molar-refractivity contribution in [1.82, 2.24) is 20.1 Å². The van der Waals surface area contributed by atoms with Crippen molar-refractivity contribution in [3.8, 4) is 22.8 Å². The molecule has 2 aromatic carbocycles. The van der Waals surface area contributed by atoms with Crippen LogP contribution in [0.25, 0.3) is 22.2 Å². The standard InChI is InChI=1S/C29H26F5N5O5/c1-3-44-25-17(26(35)40)11-21(37-24(25)22-18(30)5-4-6-19(22)31)28(42,29(32,33)34)13-36-27(41)14-9-15-12-39(16-7-8-16)38-23(15)20(10-14)43-2/h4-6,9-12,16,42H,3,7-8,13H2,1-2H3,(H2,35,40)(H,36,41)/t28-/m0/s1. The van der Waals surface area contributed by atoms with Gasteiger partial charge in [0, 0.05) is 17.1 Å². The van der Waals surface area contributed by atoms with Crippen LogP contribution < -0.4 is 20.5 Å². The van der Waals surface area contributed by atoms with Gasteiger partial charge in [-0.1, -0.05) is 6.07 Å². The largest absolute Gasteiger partial charge is 0.494 e. The van der Waals surface area contributed by atoms with Crippen LogP contribution in [0.15, 0.2) is 42.6 Å². The molecular weight excluding hydrogens is 593 g/mol. The van der Waals surface area contributed by atoms with Crippen LogP contribution in [0.4, 0.5) is 22.0 Å². The number of aliphatic hydroxyl groups is 1. The number of rotatable bonds is 10. The zero-order valence-corrected chi connectivity index (χ0v) is 23.3. The van der Waals surface area contributed by atoms with E-state index in [9.17, 15) is 36.6 Å². The summed E-state index contributed by atoms with van der Waals surface area (Å²) >= 11 is 0. The zero-order chi connectivity index (χ0) is 32.0. The lowest BCUT2D eigenvalue weighted by atomic mass is 9.94. The van der Waals surface area contributed by atoms with Crippen molar-refractivity contribution in [2.75, 3.05) is 20.3 Å². The maximum absolute atomic E-state index is 14.8. The van der Waals surface area contributed by atoms with Gasteiger partial charge in [-0.05, 0) is 50.1 Å². The molecule has 0 saturated heterocycles. The fraction of sp³-hybridized carbons (Fsp3) is 0.310. The average Bonchev–Trinajstić information content (AvgIpc) is 3.73. The van der Waals surface area contributed by atoms with Crippen molar-refractivity contribution < 1.29 is 46.1 Å². The molecule has 0 aliphatic heterocycles. The minimum absolute atomic E-state index is 0.0965. The predicted molar refractivity (Wildman–Crippen MR) is 146 cm³/mol. The van der Waals surface area contributed by atoms with Crippen LogP contribution in [0.1, 0.15) is 52.2 Å². The van der Waals surface area contributed by atoms with Crippen molar-refractivity contribution in [3.63, 3.8) is 0 Å². The number of ether oxygens (including phenoxy) is 2. The first-order chi connectivity index (χ1) is 20.8. The number of nitrogens with one attached hydrogen (secondary N) is 1. The van der Waals surface area contributed by atoms with E-state index in [1.807, 2.05) is 5.32 Å². The highest BCUT2D eigenvalue weighted by molar-refractivity contribution is 6.00. The highest BCUT2D eigenvalue weighted by Crippen LogP contribution is 2.43. The molecule has 2 amide bonds. The summed E-state index contributed by atoms with van der Waals surface area (Å²) in [5, 5.41) is 18.1. The molecule has 0 spiro atoms. The average molecular weight is 620 g/mol. The number of primary amides is 1. The van der Waals surface area contributed by atoms with Crippen molar-refractivity contribution >= 4 is 22.7 Å². The summed E-state index contributed by atoms with van der Waals surface area (Å²) in [4.78, 5) is 29.2. The number of carbonyl (C=O) groups is 2. The van der Waals surface area contributed by atoms with E-state index >= 15 is 0 Å². The zero-order valence-electron chi connectivity index (χ0n) is 23.3. The fourth-order valence-corrected chi connectivity index (χ4v) is 4.69. The molecule has 1 atom stereocenters. The van der Waals surface area contributed by atoms with Crippen LogP contribution in [-0.2, 0) is 5.60 Å². The van der Waals surface area contributed by atoms with Gasteiger partial charge < -0.3 is 25.6 Å². The number of hydrogen-bond donors (Lipinski definition) is 3. The molecule has 44 heavy (non-hydrogen) atoms. The number of fused-ring (bicyclic) bond motifs is 1. The third-order valence-electron chi connectivity index (χ3n) is 7.12. The number of halogens is 5. The highest BCUT2D eigenvalue weighted by atomic mass is 19.4. The van der Waals surface area contributed by atoms with E-state index in [-0.39, 0.29) is 24.0 Å². The Labute approximate surface area is 246 Å². The lowest BCUT2D eigenvalue weighted by Crippen LogP contribution is -2.51. The monoisotopic (exact) mass is 619 g/mol. The van der Waals surface area contributed by atoms with Crippen LogP contribution in [0, 0.1) is 11.6 Å². The Balaban J connectivity index is 1.57. The summed E-state index contributed by atoms with van der Waals surface area (Å²) in [6, 6.07) is 6.07. The number of methoxy groups -OCH3 is 1. The first kappa shape index (κ1) is 30.7. The SMILES string of the molecule is CCOc1c(C(N)=O)cc([C@@](O)(CNC(=O)c2cc(OC)c3nn(C4CC4)cc3c2)C(F)(F)F)nc1-c1c(F)cccc1F. The number of pyridine rings is 1. The number of hydrogen-bond acceptors (Lipinski definition) is 7. The molecule has 0 bridgehead atoms. The van der Waals surface area contributed by atoms with Crippen LogP contribution >= 0.6 is 0 Å². The molecular formula is C29H26F5N5O5. The van der Waals surface area contributed by atoms with Crippen LogP contribution in [-0.4, -0.2) is 58.1 Å². The lowest BCUT2D eigenvalue weighted by molar-refractivity contribution is -0.265. The number of carbonyl (C=O) groups excluding carboxylic acids is 2. The molecule has 1 aliphatic rings. The van der Waals surface area contributed by atoms with Crippen molar-refractivity contribution in [3.05, 3.63) is 71.1 Å². The van der Waals surface area contributed by atoms with Crippen molar-refractivity contribution in [1.29, 1.82) is 0 Å². The summed E-state index contributed by atoms with van der Waals surface area (Å²) in [5.74, 6) is -5.19. The third kappa shape index (κ3) is 5.50. The van der Waals surface area contributed by atoms with Crippen LogP contribution in [0.3, 0.4) is 0 Å². The fourth-order valence-electron chi connectivity index (χ4n) is 4.69. The summed E-state index contributed by atoms with van der Waals surface area (Å²) < 4.78 is 85.7. The van der Waals surface area contributed by atoms with Gasteiger partial charge in [0.15, 0.2) is 5.75 Å². The Bertz CT molecular complexity index is 1750. The van der Waals surface area contributed by atoms with Crippen molar-refractivity contribution in [2.45, 2.75) is 37.6 Å². The molecule has 232 valence electrons. The molecule has 0 unspecified atom stereocenters. The first-order valence-electron chi connectivity index (χ1n) is 13.4. The van der Waals surface area contributed by atoms with E-state index in [0.717, 1.165) is 31.0 Å². The quantitative estimate of drug-likeness (QED) is 0.224. The highest BCUT2D eigenvalue weighted by Gasteiger charge is 2.57. The molecule has 1 aliphatic carbocycles. The summed E-state index contributed by atoms with van der Waals surface area (Å²) in [5.41, 5.74) is -1.96. The number of benzene rings is 2. The molecule has 4 aromatic rings.